The molecule has 2 N–H and O–H groups in total. The maximum atomic E-state index is 12.8. The molecule has 0 radical (unpaired) electrons. The Balaban J connectivity index is 1.28. The maximum Gasteiger partial charge on any atom is 0.325 e. The van der Waals surface area contributed by atoms with Crippen LogP contribution in [-0.4, -0.2) is 57.0 Å². The van der Waals surface area contributed by atoms with Gasteiger partial charge in [-0.1, -0.05) is 72.8 Å². The van der Waals surface area contributed by atoms with Gasteiger partial charge in [0, 0.05) is 45.1 Å². The third kappa shape index (κ3) is 5.74. The van der Waals surface area contributed by atoms with Crippen LogP contribution in [0.25, 0.3) is 76.9 Å². The number of hydrogen-bond acceptors (Lipinski definition) is 10. The molecule has 0 aliphatic carbocycles. The van der Waals surface area contributed by atoms with Gasteiger partial charge in [-0.3, -0.25) is 28.4 Å². The highest BCUT2D eigenvalue weighted by molar-refractivity contribution is 6.09. The van der Waals surface area contributed by atoms with Gasteiger partial charge in [0.25, 0.3) is 0 Å². The molecular formula is C46H34N8O4. The molecule has 0 bridgehead atoms. The van der Waals surface area contributed by atoms with Gasteiger partial charge in [-0.15, -0.1) is 0 Å². The number of fused-ring (bicyclic) bond motifs is 10. The first-order valence-electron chi connectivity index (χ1n) is 18.8. The van der Waals surface area contributed by atoms with Crippen molar-refractivity contribution in [1.29, 1.82) is 10.5 Å². The van der Waals surface area contributed by atoms with Gasteiger partial charge in [0.2, 0.25) is 0 Å². The molecule has 0 amide bonds. The summed E-state index contributed by atoms with van der Waals surface area (Å²) < 4.78 is 14.5. The van der Waals surface area contributed by atoms with E-state index in [-0.39, 0.29) is 26.3 Å². The molecule has 0 aliphatic heterocycles. The van der Waals surface area contributed by atoms with Crippen LogP contribution in [-0.2, 0) is 19.1 Å². The fraction of sp³-hybridized carbons (Fsp3) is 0.130. The predicted octanol–water partition coefficient (Wildman–Crippen LogP) is 8.62. The van der Waals surface area contributed by atoms with Crippen molar-refractivity contribution in [3.05, 3.63) is 121 Å². The van der Waals surface area contributed by atoms with E-state index >= 15 is 0 Å². The van der Waals surface area contributed by atoms with Crippen molar-refractivity contribution in [2.75, 3.05) is 36.9 Å². The zero-order chi connectivity index (χ0) is 39.9. The SMILES string of the molecule is CCOC(=O)CNc1c(-c2ccc(-c3c(C#N)c4ccc5ccc6cccnc6c5n4c3NCC(=O)OCC)cc2)c(C#N)c2ccc3ccc4cccnc4c3n12. The van der Waals surface area contributed by atoms with E-state index in [4.69, 9.17) is 19.4 Å². The van der Waals surface area contributed by atoms with Gasteiger partial charge < -0.3 is 20.1 Å². The Bertz CT molecular complexity index is 3010. The summed E-state index contributed by atoms with van der Waals surface area (Å²) in [5.74, 6) is 0.185. The largest absolute Gasteiger partial charge is 0.465 e. The molecule has 12 nitrogen and oxygen atoms in total. The normalized spacial score (nSPS) is 11.3. The Hall–Kier alpha value is -7.96. The molecular weight excluding hydrogens is 729 g/mol. The van der Waals surface area contributed by atoms with Crippen LogP contribution in [0, 0.1) is 22.7 Å². The van der Waals surface area contributed by atoms with Gasteiger partial charge >= 0.3 is 11.9 Å². The van der Waals surface area contributed by atoms with Crippen LogP contribution in [0.4, 0.5) is 11.6 Å². The van der Waals surface area contributed by atoms with Crippen molar-refractivity contribution >= 4 is 78.2 Å². The number of hydrogen-bond donors (Lipinski definition) is 2. The molecule has 58 heavy (non-hydrogen) atoms. The van der Waals surface area contributed by atoms with Crippen molar-refractivity contribution in [2.45, 2.75) is 13.8 Å². The number of nitriles is 2. The fourth-order valence-electron chi connectivity index (χ4n) is 7.99. The molecule has 9 rings (SSSR count). The third-order valence-corrected chi connectivity index (χ3v) is 10.4. The van der Waals surface area contributed by atoms with Gasteiger partial charge in [-0.25, -0.2) is 0 Å². The third-order valence-electron chi connectivity index (χ3n) is 10.4. The molecule has 0 atom stereocenters. The lowest BCUT2D eigenvalue weighted by atomic mass is 9.97. The van der Waals surface area contributed by atoms with Gasteiger partial charge in [0.15, 0.2) is 0 Å². The monoisotopic (exact) mass is 762 g/mol. The number of nitrogens with zero attached hydrogens (tertiary/aromatic N) is 6. The lowest BCUT2D eigenvalue weighted by Crippen LogP contribution is -2.18. The summed E-state index contributed by atoms with van der Waals surface area (Å²) in [6.07, 6.45) is 3.47. The minimum atomic E-state index is -0.441. The number of aromatic nitrogens is 4. The number of pyridine rings is 4. The number of rotatable bonds is 10. The number of ether oxygens (including phenoxy) is 2. The van der Waals surface area contributed by atoms with E-state index in [9.17, 15) is 20.1 Å². The summed E-state index contributed by atoms with van der Waals surface area (Å²) in [4.78, 5) is 35.0. The van der Waals surface area contributed by atoms with E-state index in [1.54, 1.807) is 26.2 Å². The highest BCUT2D eigenvalue weighted by atomic mass is 16.5. The molecule has 0 fully saturated rings. The highest BCUT2D eigenvalue weighted by Gasteiger charge is 2.26. The van der Waals surface area contributed by atoms with Crippen molar-refractivity contribution in [3.8, 4) is 34.4 Å². The number of carbonyl (C=O) groups is 2. The summed E-state index contributed by atoms with van der Waals surface area (Å²) >= 11 is 0. The van der Waals surface area contributed by atoms with Crippen LogP contribution in [0.3, 0.4) is 0 Å². The number of esters is 2. The molecule has 0 unspecified atom stereocenters. The standard InChI is InChI=1S/C46H34N8O4/c1-3-57-37(55)25-51-45-39(33(23-47)35-19-17-31-15-13-29-7-5-21-49-41(29)43(31)53(35)45)27-9-11-28(12-10-27)40-34(24-48)36-20-18-32-16-14-30-8-6-22-50-42(30)44(32)54(36)46(40)52-26-38(56)58-4-2/h5-22,51-52H,3-4,25-26H2,1-2H3. The second-order valence-corrected chi connectivity index (χ2v) is 13.6. The van der Waals surface area contributed by atoms with E-state index in [2.05, 4.69) is 22.8 Å². The zero-order valence-electron chi connectivity index (χ0n) is 31.5. The molecule has 0 aliphatic rings. The minimum absolute atomic E-state index is 0.139. The number of benzene rings is 3. The van der Waals surface area contributed by atoms with Crippen LogP contribution in [0.1, 0.15) is 25.0 Å². The Morgan fingerprint density at radius 3 is 1.38 bits per heavy atom. The molecule has 9 aromatic rings. The Kier molecular flexibility index (Phi) is 8.99. The molecule has 6 heterocycles. The first kappa shape index (κ1) is 35.7. The Morgan fingerprint density at radius 2 is 0.983 bits per heavy atom. The van der Waals surface area contributed by atoms with E-state index in [1.807, 2.05) is 106 Å². The lowest BCUT2D eigenvalue weighted by molar-refractivity contribution is -0.141. The lowest BCUT2D eigenvalue weighted by Gasteiger charge is -2.14. The first-order chi connectivity index (χ1) is 28.4. The minimum Gasteiger partial charge on any atom is -0.465 e. The summed E-state index contributed by atoms with van der Waals surface area (Å²) in [6.45, 7) is 3.68. The van der Waals surface area contributed by atoms with E-state index in [0.29, 0.717) is 56.0 Å². The van der Waals surface area contributed by atoms with Crippen LogP contribution >= 0.6 is 0 Å². The summed E-state index contributed by atoms with van der Waals surface area (Å²) in [5, 5.41) is 31.8. The average Bonchev–Trinajstić information content (AvgIpc) is 3.76. The van der Waals surface area contributed by atoms with Gasteiger partial charge in [0.1, 0.15) is 36.9 Å². The van der Waals surface area contributed by atoms with Crippen LogP contribution in [0.5, 0.6) is 0 Å². The summed E-state index contributed by atoms with van der Waals surface area (Å²) in [7, 11) is 0. The second-order valence-electron chi connectivity index (χ2n) is 13.6. The molecule has 6 aromatic heterocycles. The quantitative estimate of drug-likeness (QED) is 0.102. The molecule has 0 saturated carbocycles. The molecule has 12 heteroatoms. The number of anilines is 2. The molecule has 0 spiro atoms. The Morgan fingerprint density at radius 1 is 0.586 bits per heavy atom. The van der Waals surface area contributed by atoms with Gasteiger partial charge in [-0.05, 0) is 49.2 Å². The number of carbonyl (C=O) groups excluding carboxylic acids is 2. The van der Waals surface area contributed by atoms with E-state index in [1.165, 1.54) is 0 Å². The van der Waals surface area contributed by atoms with E-state index < -0.39 is 11.9 Å². The zero-order valence-corrected chi connectivity index (χ0v) is 31.5. The van der Waals surface area contributed by atoms with E-state index in [0.717, 1.165) is 43.6 Å². The predicted molar refractivity (Wildman–Crippen MR) is 225 cm³/mol. The Labute approximate surface area is 331 Å². The topological polar surface area (TPSA) is 159 Å². The smallest absolute Gasteiger partial charge is 0.325 e. The van der Waals surface area contributed by atoms with Crippen molar-refractivity contribution in [2.24, 2.45) is 0 Å². The molecule has 282 valence electrons. The average molecular weight is 763 g/mol. The number of nitrogens with one attached hydrogen (secondary N) is 2. The van der Waals surface area contributed by atoms with Gasteiger partial charge in [0.05, 0.1) is 57.4 Å². The van der Waals surface area contributed by atoms with Crippen LogP contribution < -0.4 is 10.6 Å². The first-order valence-corrected chi connectivity index (χ1v) is 18.8. The van der Waals surface area contributed by atoms with Gasteiger partial charge in [-0.2, -0.15) is 10.5 Å². The van der Waals surface area contributed by atoms with Crippen molar-refractivity contribution in [3.63, 3.8) is 0 Å². The van der Waals surface area contributed by atoms with Crippen molar-refractivity contribution in [1.82, 2.24) is 18.8 Å². The van der Waals surface area contributed by atoms with Crippen LogP contribution in [0.15, 0.2) is 109 Å². The summed E-state index contributed by atoms with van der Waals surface area (Å²) in [5.41, 5.74) is 7.72. The maximum absolute atomic E-state index is 12.8. The second kappa shape index (κ2) is 14.6. The fourth-order valence-corrected chi connectivity index (χ4v) is 7.99. The van der Waals surface area contributed by atoms with Crippen molar-refractivity contribution < 1.29 is 19.1 Å². The summed E-state index contributed by atoms with van der Waals surface area (Å²) in [6, 6.07) is 36.0. The molecule has 0 saturated heterocycles. The van der Waals surface area contributed by atoms with Crippen LogP contribution in [0.2, 0.25) is 0 Å². The molecule has 3 aromatic carbocycles. The highest BCUT2D eigenvalue weighted by Crippen LogP contribution is 2.43.